The molecule has 0 spiro atoms. The van der Waals surface area contributed by atoms with Gasteiger partial charge in [-0.25, -0.2) is 0 Å². The summed E-state index contributed by atoms with van der Waals surface area (Å²) in [6.45, 7) is 5.10. The van der Waals surface area contributed by atoms with Crippen molar-refractivity contribution in [3.05, 3.63) is 29.3 Å². The minimum absolute atomic E-state index is 0.384. The van der Waals surface area contributed by atoms with E-state index < -0.39 is 0 Å². The smallest absolute Gasteiger partial charge is 0.210 e. The van der Waals surface area contributed by atoms with E-state index in [0.717, 1.165) is 27.5 Å². The molecule has 0 unspecified atom stereocenters. The minimum Gasteiger partial charge on any atom is -0.377 e. The van der Waals surface area contributed by atoms with Crippen molar-refractivity contribution in [1.29, 1.82) is 0 Å². The number of aromatic nitrogens is 2. The number of rotatable bonds is 5. The van der Waals surface area contributed by atoms with Crippen molar-refractivity contribution in [3.8, 4) is 0 Å². The molecule has 4 nitrogen and oxygen atoms in total. The Morgan fingerprint density at radius 2 is 2.29 bits per heavy atom. The van der Waals surface area contributed by atoms with Crippen molar-refractivity contribution in [3.63, 3.8) is 0 Å². The first-order chi connectivity index (χ1) is 10.2. The van der Waals surface area contributed by atoms with Gasteiger partial charge >= 0.3 is 0 Å². The third-order valence-corrected chi connectivity index (χ3v) is 5.55. The number of hydrogen-bond donors (Lipinski definition) is 1. The Morgan fingerprint density at radius 1 is 1.38 bits per heavy atom. The Labute approximate surface area is 133 Å². The Balaban J connectivity index is 1.59. The molecule has 1 saturated heterocycles. The lowest BCUT2D eigenvalue weighted by atomic mass is 10.1. The van der Waals surface area contributed by atoms with Crippen LogP contribution in [0.15, 0.2) is 22.5 Å². The van der Waals surface area contributed by atoms with E-state index in [1.807, 2.05) is 0 Å². The van der Waals surface area contributed by atoms with E-state index in [0.29, 0.717) is 6.10 Å². The van der Waals surface area contributed by atoms with Crippen LogP contribution in [0.1, 0.15) is 24.0 Å². The van der Waals surface area contributed by atoms with Crippen LogP contribution >= 0.6 is 23.1 Å². The lowest BCUT2D eigenvalue weighted by Gasteiger charge is -2.07. The fourth-order valence-electron chi connectivity index (χ4n) is 2.33. The maximum Gasteiger partial charge on any atom is 0.210 e. The fourth-order valence-corrected chi connectivity index (χ4v) is 4.18. The van der Waals surface area contributed by atoms with E-state index >= 15 is 0 Å². The highest BCUT2D eigenvalue weighted by Crippen LogP contribution is 2.30. The van der Waals surface area contributed by atoms with Gasteiger partial charge in [-0.3, -0.25) is 0 Å². The van der Waals surface area contributed by atoms with Gasteiger partial charge in [0.1, 0.15) is 0 Å². The molecule has 21 heavy (non-hydrogen) atoms. The van der Waals surface area contributed by atoms with Gasteiger partial charge in [0.05, 0.1) is 6.10 Å². The Kier molecular flexibility index (Phi) is 4.77. The molecule has 0 bridgehead atoms. The van der Waals surface area contributed by atoms with Crippen molar-refractivity contribution >= 4 is 33.9 Å². The van der Waals surface area contributed by atoms with Gasteiger partial charge in [-0.05, 0) is 38.3 Å². The summed E-state index contributed by atoms with van der Waals surface area (Å²) < 4.78 is 6.62. The molecule has 1 aliphatic rings. The quantitative estimate of drug-likeness (QED) is 0.838. The third-order valence-electron chi connectivity index (χ3n) is 3.45. The van der Waals surface area contributed by atoms with Crippen LogP contribution in [0.25, 0.3) is 0 Å². The molecule has 1 atom stereocenters. The molecule has 112 valence electrons. The molecule has 3 rings (SSSR count). The summed E-state index contributed by atoms with van der Waals surface area (Å²) in [6.07, 6.45) is 2.73. The average Bonchev–Trinajstić information content (AvgIpc) is 3.11. The molecule has 0 radical (unpaired) electrons. The molecular formula is C15H19N3OS2. The summed E-state index contributed by atoms with van der Waals surface area (Å²) in [5.41, 5.74) is 3.58. The predicted octanol–water partition coefficient (Wildman–Crippen LogP) is 4.17. The number of nitrogens with zero attached hydrogens (tertiary/aromatic N) is 2. The molecule has 1 N–H and O–H groups in total. The second-order valence-corrected chi connectivity index (χ2v) is 7.51. The standard InChI is InChI=1S/C15H19N3OS2/c1-10-5-6-13(11(2)8-10)16-14-17-18-15(21-14)20-9-12-4-3-7-19-12/h5-6,8,12H,3-4,7,9H2,1-2H3,(H,16,17)/t12-/m0/s1. The normalized spacial score (nSPS) is 18.1. The van der Waals surface area contributed by atoms with Gasteiger partial charge in [0.15, 0.2) is 4.34 Å². The highest BCUT2D eigenvalue weighted by atomic mass is 32.2. The first-order valence-electron chi connectivity index (χ1n) is 7.13. The predicted molar refractivity (Wildman–Crippen MR) is 88.8 cm³/mol. The maximum atomic E-state index is 5.62. The number of benzene rings is 1. The molecule has 1 fully saturated rings. The molecule has 1 aromatic carbocycles. The van der Waals surface area contributed by atoms with Crippen molar-refractivity contribution in [2.75, 3.05) is 17.7 Å². The van der Waals surface area contributed by atoms with Crippen LogP contribution in [0, 0.1) is 13.8 Å². The second-order valence-electron chi connectivity index (χ2n) is 5.26. The summed E-state index contributed by atoms with van der Waals surface area (Å²) in [7, 11) is 0. The molecule has 1 aliphatic heterocycles. The van der Waals surface area contributed by atoms with Gasteiger partial charge in [0.2, 0.25) is 5.13 Å². The molecule has 0 saturated carbocycles. The monoisotopic (exact) mass is 321 g/mol. The molecule has 0 aliphatic carbocycles. The van der Waals surface area contributed by atoms with Gasteiger partial charge in [-0.1, -0.05) is 40.8 Å². The van der Waals surface area contributed by atoms with Gasteiger partial charge < -0.3 is 10.1 Å². The summed E-state index contributed by atoms with van der Waals surface area (Å²) in [6, 6.07) is 6.35. The van der Waals surface area contributed by atoms with Crippen LogP contribution in [-0.2, 0) is 4.74 Å². The average molecular weight is 321 g/mol. The second kappa shape index (κ2) is 6.77. The van der Waals surface area contributed by atoms with Gasteiger partial charge in [-0.2, -0.15) is 0 Å². The summed E-state index contributed by atoms with van der Waals surface area (Å²) in [4.78, 5) is 0. The van der Waals surface area contributed by atoms with Crippen molar-refractivity contribution in [2.45, 2.75) is 37.1 Å². The molecule has 0 amide bonds. The maximum absolute atomic E-state index is 5.62. The van der Waals surface area contributed by atoms with E-state index in [2.05, 4.69) is 47.6 Å². The van der Waals surface area contributed by atoms with Crippen LogP contribution in [0.4, 0.5) is 10.8 Å². The third kappa shape index (κ3) is 3.96. The van der Waals surface area contributed by atoms with Crippen molar-refractivity contribution < 1.29 is 4.74 Å². The number of thioether (sulfide) groups is 1. The van der Waals surface area contributed by atoms with E-state index in [1.165, 1.54) is 24.0 Å². The van der Waals surface area contributed by atoms with E-state index in [9.17, 15) is 0 Å². The van der Waals surface area contributed by atoms with Crippen molar-refractivity contribution in [2.24, 2.45) is 0 Å². The molecule has 2 heterocycles. The van der Waals surface area contributed by atoms with E-state index in [4.69, 9.17) is 4.74 Å². The highest BCUT2D eigenvalue weighted by Gasteiger charge is 2.16. The summed E-state index contributed by atoms with van der Waals surface area (Å²) in [5.74, 6) is 0.970. The first-order valence-corrected chi connectivity index (χ1v) is 8.93. The van der Waals surface area contributed by atoms with Gasteiger partial charge in [0.25, 0.3) is 0 Å². The van der Waals surface area contributed by atoms with Crippen LogP contribution in [0.3, 0.4) is 0 Å². The summed E-state index contributed by atoms with van der Waals surface area (Å²) >= 11 is 3.33. The SMILES string of the molecule is Cc1ccc(Nc2nnc(SC[C@@H]3CCCO3)s2)c(C)c1. The topological polar surface area (TPSA) is 47.0 Å². The lowest BCUT2D eigenvalue weighted by molar-refractivity contribution is 0.129. The molecule has 1 aromatic heterocycles. The Morgan fingerprint density at radius 3 is 3.05 bits per heavy atom. The zero-order chi connectivity index (χ0) is 14.7. The van der Waals surface area contributed by atoms with Gasteiger partial charge in [-0.15, -0.1) is 10.2 Å². The largest absolute Gasteiger partial charge is 0.377 e. The number of nitrogens with one attached hydrogen (secondary N) is 1. The first kappa shape index (κ1) is 14.8. The zero-order valence-electron chi connectivity index (χ0n) is 12.3. The molecule has 6 heteroatoms. The van der Waals surface area contributed by atoms with Crippen LogP contribution in [0.2, 0.25) is 0 Å². The summed E-state index contributed by atoms with van der Waals surface area (Å²) in [5, 5.41) is 12.6. The van der Waals surface area contributed by atoms with Crippen LogP contribution in [0.5, 0.6) is 0 Å². The molecular weight excluding hydrogens is 302 g/mol. The number of aryl methyl sites for hydroxylation is 2. The molecule has 2 aromatic rings. The fraction of sp³-hybridized carbons (Fsp3) is 0.467. The zero-order valence-corrected chi connectivity index (χ0v) is 13.9. The number of ether oxygens (including phenoxy) is 1. The van der Waals surface area contributed by atoms with E-state index in [1.54, 1.807) is 23.1 Å². The number of hydrogen-bond acceptors (Lipinski definition) is 6. The van der Waals surface area contributed by atoms with E-state index in [-0.39, 0.29) is 0 Å². The minimum atomic E-state index is 0.384. The van der Waals surface area contributed by atoms with Crippen LogP contribution in [-0.4, -0.2) is 28.7 Å². The van der Waals surface area contributed by atoms with Gasteiger partial charge in [0, 0.05) is 18.0 Å². The Hall–Kier alpha value is -1.11. The van der Waals surface area contributed by atoms with Crippen molar-refractivity contribution in [1.82, 2.24) is 10.2 Å². The Bertz CT molecular complexity index is 609. The number of anilines is 2. The lowest BCUT2D eigenvalue weighted by Crippen LogP contribution is -2.07. The highest BCUT2D eigenvalue weighted by molar-refractivity contribution is 8.01. The van der Waals surface area contributed by atoms with Crippen LogP contribution < -0.4 is 5.32 Å².